The third kappa shape index (κ3) is 2.82. The maximum atomic E-state index is 10.9. The molecule has 3 nitrogen and oxygen atoms in total. The Bertz CT molecular complexity index is 290. The molecule has 1 saturated carbocycles. The molecule has 1 heterocycles. The lowest BCUT2D eigenvalue weighted by Crippen LogP contribution is -2.42. The van der Waals surface area contributed by atoms with Gasteiger partial charge in [0, 0.05) is 6.61 Å². The molecule has 2 fully saturated rings. The number of hydrogen-bond donors (Lipinski definition) is 1. The second-order valence-corrected chi connectivity index (χ2v) is 6.49. The zero-order chi connectivity index (χ0) is 12.5. The smallest absolute Gasteiger partial charge is 0.303 e. The van der Waals surface area contributed by atoms with Gasteiger partial charge < -0.3 is 9.84 Å². The Labute approximate surface area is 104 Å². The molecular formula is C14H24O3. The van der Waals surface area contributed by atoms with Crippen LogP contribution in [0.4, 0.5) is 0 Å². The van der Waals surface area contributed by atoms with Gasteiger partial charge in [0.2, 0.25) is 0 Å². The molecule has 1 spiro atoms. The Hall–Kier alpha value is -0.570. The normalized spacial score (nSPS) is 28.5. The van der Waals surface area contributed by atoms with Crippen molar-refractivity contribution < 1.29 is 14.6 Å². The highest BCUT2D eigenvalue weighted by atomic mass is 16.5. The lowest BCUT2D eigenvalue weighted by atomic mass is 9.68. The van der Waals surface area contributed by atoms with Gasteiger partial charge in [-0.2, -0.15) is 0 Å². The van der Waals surface area contributed by atoms with Gasteiger partial charge in [-0.15, -0.1) is 0 Å². The first kappa shape index (κ1) is 12.9. The number of carboxylic acids is 1. The Morgan fingerprint density at radius 1 is 1.41 bits per heavy atom. The van der Waals surface area contributed by atoms with Gasteiger partial charge >= 0.3 is 5.97 Å². The van der Waals surface area contributed by atoms with E-state index in [2.05, 4.69) is 13.8 Å². The van der Waals surface area contributed by atoms with Crippen molar-refractivity contribution in [1.29, 1.82) is 0 Å². The van der Waals surface area contributed by atoms with Gasteiger partial charge in [-0.3, -0.25) is 4.79 Å². The summed E-state index contributed by atoms with van der Waals surface area (Å²) in [6.07, 6.45) is 7.24. The van der Waals surface area contributed by atoms with Crippen molar-refractivity contribution in [2.24, 2.45) is 11.3 Å². The van der Waals surface area contributed by atoms with Gasteiger partial charge in [0.25, 0.3) is 0 Å². The Balaban J connectivity index is 2.03. The van der Waals surface area contributed by atoms with E-state index in [0.29, 0.717) is 5.92 Å². The fourth-order valence-corrected chi connectivity index (χ4v) is 3.60. The van der Waals surface area contributed by atoms with Crippen molar-refractivity contribution >= 4 is 5.97 Å². The molecule has 0 aromatic rings. The number of ether oxygens (including phenoxy) is 1. The largest absolute Gasteiger partial charge is 0.481 e. The van der Waals surface area contributed by atoms with E-state index in [1.807, 2.05) is 0 Å². The third-order valence-corrected chi connectivity index (χ3v) is 4.72. The van der Waals surface area contributed by atoms with Crippen molar-refractivity contribution in [3.63, 3.8) is 0 Å². The first-order valence-corrected chi connectivity index (χ1v) is 6.79. The minimum atomic E-state index is -0.679. The van der Waals surface area contributed by atoms with Crippen molar-refractivity contribution in [2.75, 3.05) is 6.61 Å². The topological polar surface area (TPSA) is 46.5 Å². The fraction of sp³-hybridized carbons (Fsp3) is 0.929. The van der Waals surface area contributed by atoms with Gasteiger partial charge in [-0.25, -0.2) is 0 Å². The summed E-state index contributed by atoms with van der Waals surface area (Å²) in [4.78, 5) is 10.9. The minimum Gasteiger partial charge on any atom is -0.481 e. The van der Waals surface area contributed by atoms with Crippen LogP contribution in [0.1, 0.15) is 58.8 Å². The van der Waals surface area contributed by atoms with E-state index in [9.17, 15) is 4.79 Å². The van der Waals surface area contributed by atoms with Gasteiger partial charge in [-0.05, 0) is 37.0 Å². The highest BCUT2D eigenvalue weighted by Gasteiger charge is 2.44. The average Bonchev–Trinajstić information content (AvgIpc) is 2.64. The van der Waals surface area contributed by atoms with Crippen LogP contribution in [-0.4, -0.2) is 23.3 Å². The molecule has 17 heavy (non-hydrogen) atoms. The Morgan fingerprint density at radius 2 is 2.06 bits per heavy atom. The fourth-order valence-electron chi connectivity index (χ4n) is 3.60. The number of rotatable bonds is 3. The quantitative estimate of drug-likeness (QED) is 0.823. The molecule has 1 aliphatic heterocycles. The molecule has 0 aromatic carbocycles. The van der Waals surface area contributed by atoms with E-state index in [4.69, 9.17) is 9.84 Å². The summed E-state index contributed by atoms with van der Waals surface area (Å²) < 4.78 is 6.01. The maximum Gasteiger partial charge on any atom is 0.303 e. The third-order valence-electron chi connectivity index (χ3n) is 4.72. The number of aliphatic carboxylic acids is 1. The molecule has 0 radical (unpaired) electrons. The zero-order valence-corrected chi connectivity index (χ0v) is 11.0. The summed E-state index contributed by atoms with van der Waals surface area (Å²) in [5, 5.41) is 9.01. The number of carbonyl (C=O) groups is 1. The maximum absolute atomic E-state index is 10.9. The SMILES string of the molecule is CC(C)(CC(=O)O)C1CCOC2(CCCC2)C1. The molecule has 0 amide bonds. The van der Waals surface area contributed by atoms with E-state index >= 15 is 0 Å². The van der Waals surface area contributed by atoms with Crippen molar-refractivity contribution in [2.45, 2.75) is 64.4 Å². The molecule has 1 unspecified atom stereocenters. The van der Waals surface area contributed by atoms with E-state index in [1.165, 1.54) is 25.7 Å². The first-order valence-electron chi connectivity index (χ1n) is 6.79. The second-order valence-electron chi connectivity index (χ2n) is 6.49. The van der Waals surface area contributed by atoms with Crippen LogP contribution in [0.5, 0.6) is 0 Å². The molecule has 2 aliphatic rings. The highest BCUT2D eigenvalue weighted by Crippen LogP contribution is 2.48. The van der Waals surface area contributed by atoms with Crippen LogP contribution in [0.2, 0.25) is 0 Å². The standard InChI is InChI=1S/C14H24O3/c1-13(2,10-12(15)16)11-5-8-17-14(9-11)6-3-4-7-14/h11H,3-10H2,1-2H3,(H,15,16). The Morgan fingerprint density at radius 3 is 2.65 bits per heavy atom. The molecule has 3 heteroatoms. The summed E-state index contributed by atoms with van der Waals surface area (Å²) in [7, 11) is 0. The Kier molecular flexibility index (Phi) is 3.48. The zero-order valence-electron chi connectivity index (χ0n) is 11.0. The lowest BCUT2D eigenvalue weighted by molar-refractivity contribution is -0.144. The summed E-state index contributed by atoms with van der Waals surface area (Å²) in [6, 6.07) is 0. The van der Waals surface area contributed by atoms with E-state index in [-0.39, 0.29) is 17.4 Å². The lowest BCUT2D eigenvalue weighted by Gasteiger charge is -2.44. The molecular weight excluding hydrogens is 216 g/mol. The number of carboxylic acid groups (broad SMARTS) is 1. The van der Waals surface area contributed by atoms with Gasteiger partial charge in [0.05, 0.1) is 12.0 Å². The van der Waals surface area contributed by atoms with Gasteiger partial charge in [0.1, 0.15) is 0 Å². The minimum absolute atomic E-state index is 0.0959. The van der Waals surface area contributed by atoms with Crippen LogP contribution in [0.25, 0.3) is 0 Å². The monoisotopic (exact) mass is 240 g/mol. The van der Waals surface area contributed by atoms with Crippen LogP contribution in [-0.2, 0) is 9.53 Å². The van der Waals surface area contributed by atoms with Crippen LogP contribution in [0.15, 0.2) is 0 Å². The molecule has 1 saturated heterocycles. The predicted molar refractivity (Wildman–Crippen MR) is 65.9 cm³/mol. The number of hydrogen-bond acceptors (Lipinski definition) is 2. The van der Waals surface area contributed by atoms with E-state index in [0.717, 1.165) is 19.4 Å². The summed E-state index contributed by atoms with van der Waals surface area (Å²) in [5.41, 5.74) is -0.0100. The van der Waals surface area contributed by atoms with Gasteiger partial charge in [0.15, 0.2) is 0 Å². The van der Waals surface area contributed by atoms with Crippen molar-refractivity contribution in [3.05, 3.63) is 0 Å². The molecule has 1 atom stereocenters. The van der Waals surface area contributed by atoms with E-state index < -0.39 is 5.97 Å². The molecule has 1 aliphatic carbocycles. The first-order chi connectivity index (χ1) is 7.94. The summed E-state index contributed by atoms with van der Waals surface area (Å²) in [6.45, 7) is 5.01. The molecule has 0 aromatic heterocycles. The second kappa shape index (κ2) is 4.60. The molecule has 0 bridgehead atoms. The van der Waals surface area contributed by atoms with Gasteiger partial charge in [-0.1, -0.05) is 26.7 Å². The van der Waals surface area contributed by atoms with Crippen LogP contribution in [0, 0.1) is 11.3 Å². The van der Waals surface area contributed by atoms with Crippen LogP contribution >= 0.6 is 0 Å². The summed E-state index contributed by atoms with van der Waals surface area (Å²) >= 11 is 0. The molecule has 2 rings (SSSR count). The van der Waals surface area contributed by atoms with E-state index in [1.54, 1.807) is 0 Å². The van der Waals surface area contributed by atoms with Crippen LogP contribution < -0.4 is 0 Å². The highest BCUT2D eigenvalue weighted by molar-refractivity contribution is 5.67. The summed E-state index contributed by atoms with van der Waals surface area (Å²) in [5.74, 6) is -0.188. The molecule has 1 N–H and O–H groups in total. The van der Waals surface area contributed by atoms with Crippen LogP contribution in [0.3, 0.4) is 0 Å². The van der Waals surface area contributed by atoms with Crippen molar-refractivity contribution in [3.8, 4) is 0 Å². The molecule has 98 valence electrons. The van der Waals surface area contributed by atoms with Crippen molar-refractivity contribution in [1.82, 2.24) is 0 Å². The average molecular weight is 240 g/mol. The predicted octanol–water partition coefficient (Wildman–Crippen LogP) is 3.23.